The van der Waals surface area contributed by atoms with Gasteiger partial charge in [-0.25, -0.2) is 27.1 Å². The topological polar surface area (TPSA) is 188 Å². The third-order valence-corrected chi connectivity index (χ3v) is 25.6. The van der Waals surface area contributed by atoms with Crippen LogP contribution in [0, 0.1) is 107 Å². The Bertz CT molecular complexity index is 5500. The number of aliphatic hydroxyl groups is 1. The zero-order valence-corrected chi connectivity index (χ0v) is 93.9. The van der Waals surface area contributed by atoms with Crippen molar-refractivity contribution in [1.82, 2.24) is 4.58 Å². The molecule has 3 atom stereocenters. The molecule has 790 valence electrons. The number of fused-ring (bicyclic) bond motifs is 3. The standard InChI is InChI=1S/C29H36NO2.C26H27F3N.C24H27BrN.C6H5ClO3S.4C5H6.8CH3.ClHO4.F6P.4Fe/c1-22-29(2,18-7-6-10-23-8-4-5-9-23)27-20-25(21-31)13-16-28(27)30(22)19-17-24-11-14-26(32-3)15-12-24;1-17-9-10-24-23(15-17)25(4,12-11-20-7-5-6-8-20)19(3)30(24)22-14-18(2)13-21(16-22)26(27,28)29;1-18-24(2,15-7-12-19-8-3-4-9-19)22-16-21(25)13-14-23(22)26(18)17-20-10-5-6-11-20;7-5-1-3-6(4-2-5)11(8,9)10;4*1-2-4-5-3-1;;;;;;;;;2-1(3,4)5;1-7(2,3,4,5)6;;;;/h4-5,8-9,11-16,20,23,31H,6-7,10,17-19,21H2,1-3H3;5-10,13-16,20H,11-12H2,1-4H3;3-6,8-11,13-14,16,19-20H,7,12,15,17H2,1-2H3;1-4H,(H,8,9,10);4*1-4H,5H2;8*1H3;(H,2,3,4,5);;;;;/q3*+1;;;;;;8*-1;;-1;4*+2/p-2. The van der Waals surface area contributed by atoms with Gasteiger partial charge in [-0.05, 0) is 200 Å². The van der Waals surface area contributed by atoms with E-state index in [4.69, 9.17) is 35.0 Å². The third-order valence-electron chi connectivity index (χ3n) is 24.0. The molecule has 30 heteroatoms. The first kappa shape index (κ1) is 144. The van der Waals surface area contributed by atoms with Gasteiger partial charge >= 0.3 is 107 Å². The van der Waals surface area contributed by atoms with Crippen molar-refractivity contribution in [2.75, 3.05) is 20.2 Å². The Balaban J connectivity index is -0.000000532. The zero-order valence-electron chi connectivity index (χ0n) is 84.7. The van der Waals surface area contributed by atoms with Crippen LogP contribution in [0.4, 0.5) is 61.1 Å². The van der Waals surface area contributed by atoms with Crippen LogP contribution in [-0.4, -0.2) is 64.6 Å². The first-order valence-electron chi connectivity index (χ1n) is 43.6. The summed E-state index contributed by atoms with van der Waals surface area (Å²) in [7, 11) is -18.2. The van der Waals surface area contributed by atoms with E-state index in [-0.39, 0.29) is 155 Å². The molecule has 1 N–H and O–H groups in total. The molecule has 12 nitrogen and oxygen atoms in total. The van der Waals surface area contributed by atoms with Crippen LogP contribution < -0.4 is 27.9 Å². The van der Waals surface area contributed by atoms with E-state index in [2.05, 4.69) is 323 Å². The summed E-state index contributed by atoms with van der Waals surface area (Å²) in [6, 6.07) is 37.4. The molecule has 17 rings (SSSR count). The molecule has 6 aromatic carbocycles. The molecule has 0 bridgehead atoms. The summed E-state index contributed by atoms with van der Waals surface area (Å²) in [6.45, 7) is 19.6. The molecule has 143 heavy (non-hydrogen) atoms. The minimum Gasteiger partial charge on any atom is -0.744 e. The predicted molar refractivity (Wildman–Crippen MR) is 560 cm³/mol. The maximum absolute atomic E-state index is 13.5. The van der Waals surface area contributed by atoms with Crippen molar-refractivity contribution < 1.29 is 167 Å². The maximum atomic E-state index is 13.5. The van der Waals surface area contributed by atoms with Crippen LogP contribution in [0.2, 0.25) is 5.02 Å². The summed E-state index contributed by atoms with van der Waals surface area (Å²) in [6.07, 6.45) is 80.5. The number of allylic oxidation sites excluding steroid dienone is 30. The average Bonchev–Trinajstić information content (AvgIpc) is 1.57. The van der Waals surface area contributed by atoms with Gasteiger partial charge in [0, 0.05) is 83.7 Å². The van der Waals surface area contributed by atoms with Crippen molar-refractivity contribution in [3.8, 4) is 5.75 Å². The molecule has 0 spiro atoms. The average molecular weight is 2290 g/mol. The Labute approximate surface area is 907 Å². The van der Waals surface area contributed by atoms with Crippen molar-refractivity contribution in [2.45, 2.75) is 179 Å². The van der Waals surface area contributed by atoms with Crippen LogP contribution in [0.1, 0.15) is 170 Å². The number of alkyl halides is 3. The predicted octanol–water partition coefficient (Wildman–Crippen LogP) is 29.5. The van der Waals surface area contributed by atoms with Gasteiger partial charge in [0.1, 0.15) is 15.9 Å². The van der Waals surface area contributed by atoms with Crippen molar-refractivity contribution in [3.05, 3.63) is 429 Å². The number of rotatable bonds is 21. The third kappa shape index (κ3) is 48.2. The number of aliphatic hydroxyl groups excluding tert-OH is 1. The molecule has 0 saturated carbocycles. The summed E-state index contributed by atoms with van der Waals surface area (Å²) in [5.41, 5.74) is 15.7. The Morgan fingerprint density at radius 1 is 0.455 bits per heavy atom. The normalized spacial score (nSPS) is 18.2. The molecule has 0 aromatic heterocycles. The second kappa shape index (κ2) is 65.5. The maximum Gasteiger partial charge on any atom is 2.00 e. The summed E-state index contributed by atoms with van der Waals surface area (Å²) < 4.78 is 178. The van der Waals surface area contributed by atoms with Gasteiger partial charge in [-0.2, -0.15) is 26.9 Å². The second-order valence-electron chi connectivity index (χ2n) is 33.7. The molecule has 8 aliphatic carbocycles. The van der Waals surface area contributed by atoms with Crippen molar-refractivity contribution >= 4 is 85.3 Å². The van der Waals surface area contributed by atoms with E-state index in [1.807, 2.05) is 34.9 Å². The van der Waals surface area contributed by atoms with Gasteiger partial charge in [0.05, 0.1) is 46.3 Å². The summed E-state index contributed by atoms with van der Waals surface area (Å²) in [5, 5.41) is 10.2. The fourth-order valence-corrected chi connectivity index (χ4v) is 17.6. The molecule has 6 aromatic rings. The first-order valence-corrected chi connectivity index (χ1v) is 49.4. The van der Waals surface area contributed by atoms with Gasteiger partial charge in [0.25, 0.3) is 0 Å². The largest absolute Gasteiger partial charge is 2.00 e. The number of halogens is 12. The molecular formula is C113H142BrCl2F9Fe4N3O9PS. The van der Waals surface area contributed by atoms with Gasteiger partial charge in [-0.3, -0.25) is 0 Å². The van der Waals surface area contributed by atoms with Gasteiger partial charge in [0.15, 0.2) is 30.2 Å². The zero-order chi connectivity index (χ0) is 95.9. The Hall–Kier alpha value is -7.38. The Kier molecular flexibility index (Phi) is 65.9. The van der Waals surface area contributed by atoms with Gasteiger partial charge in [-0.15, -0.1) is 10.2 Å². The molecule has 0 amide bonds. The number of hydrogen-bond donors (Lipinski definition) is 1. The van der Waals surface area contributed by atoms with E-state index in [0.717, 1.165) is 92.7 Å². The van der Waals surface area contributed by atoms with Crippen LogP contribution in [0.15, 0.2) is 325 Å². The van der Waals surface area contributed by atoms with Gasteiger partial charge in [-0.1, -0.05) is 271 Å². The van der Waals surface area contributed by atoms with E-state index in [1.54, 1.807) is 14.0 Å². The minimum absolute atomic E-state index is 0. The van der Waals surface area contributed by atoms with Crippen LogP contribution in [0.5, 0.6) is 5.75 Å². The number of benzene rings is 6. The van der Waals surface area contributed by atoms with E-state index >= 15 is 0 Å². The minimum atomic E-state index is -10.7. The molecule has 3 heterocycles. The summed E-state index contributed by atoms with van der Waals surface area (Å²) in [5.74, 6) is 3.08. The number of aryl methyl sites for hydroxylation is 2. The fraction of sp³-hybridized carbons (Fsp3) is 0.301. The van der Waals surface area contributed by atoms with Gasteiger partial charge in [0.2, 0.25) is 22.7 Å². The second-order valence-corrected chi connectivity index (χ2v) is 39.1. The molecule has 0 saturated heterocycles. The Morgan fingerprint density at radius 3 is 1.24 bits per heavy atom. The number of unbranched alkanes of at least 4 members (excludes halogenated alkanes) is 1. The smallest absolute Gasteiger partial charge is 0.744 e. The number of hydrogen-bond acceptors (Lipinski definition) is 9. The van der Waals surface area contributed by atoms with E-state index < -0.39 is 39.9 Å². The molecule has 0 fully saturated rings. The van der Waals surface area contributed by atoms with Crippen LogP contribution in [0.25, 0.3) is 0 Å². The van der Waals surface area contributed by atoms with E-state index in [1.165, 1.54) is 124 Å². The Morgan fingerprint density at radius 2 is 0.825 bits per heavy atom. The molecule has 11 aliphatic rings. The fourth-order valence-electron chi connectivity index (χ4n) is 16.7. The number of methoxy groups -OCH3 is 1. The van der Waals surface area contributed by atoms with Crippen molar-refractivity contribution in [3.63, 3.8) is 0 Å². The quantitative estimate of drug-likeness (QED) is 0.0139. The van der Waals surface area contributed by atoms with E-state index in [0.29, 0.717) is 39.9 Å². The summed E-state index contributed by atoms with van der Waals surface area (Å²) in [4.78, 5) is -0.262. The first-order chi connectivity index (χ1) is 61.7. The molecule has 3 unspecified atom stereocenters. The monoisotopic (exact) mass is 2290 g/mol. The number of nitrogens with zero attached hydrogens (tertiary/aromatic N) is 3. The number of ether oxygens (including phenoxy) is 1. The van der Waals surface area contributed by atoms with Gasteiger partial charge < -0.3 is 73.8 Å². The van der Waals surface area contributed by atoms with Crippen LogP contribution >= 0.6 is 35.3 Å². The molecule has 3 aliphatic heterocycles. The van der Waals surface area contributed by atoms with Crippen molar-refractivity contribution in [1.29, 1.82) is 0 Å². The molecule has 0 radical (unpaired) electrons. The van der Waals surface area contributed by atoms with Crippen LogP contribution in [0.3, 0.4) is 0 Å². The molecular weight excluding hydrogens is 2150 g/mol. The van der Waals surface area contributed by atoms with Crippen molar-refractivity contribution in [2.24, 2.45) is 23.7 Å². The van der Waals surface area contributed by atoms with Crippen LogP contribution in [-0.2, 0) is 114 Å². The van der Waals surface area contributed by atoms with E-state index in [9.17, 15) is 56.4 Å². The summed E-state index contributed by atoms with van der Waals surface area (Å²) >= 11 is 9.16. The SMILES string of the molecule is C1=CCC=C1.C1=CCC=C1.C1=CCC=C1.C1=CCC=C1.CC1=[N+](CC2C=CC=C2)c2ccc(Br)cc2C1(C)CCCC1C=CC=C1.CC1=[N+](c2cc(C)cc(C(F)(F)F)c2)c2ccc(C)cc2C1(C)CCC1C=CC=C1.COc1ccc(CC[N+]2=C(C)C(C)(CCCCC3C=CC=C3)c3cc(CO)ccc32)cc1.F[P-](F)(F)(F)(F)F.O=S(=O)([O-])c1ccc(Cl)cc1.[CH3-].[CH3-].[CH3-].[CH3-].[CH3-].[CH3-].[CH3-].[CH3-].[Fe+2].[Fe+2].[Fe+2].[Fe+2].[O-][Cl+3]([O-])([O-])[O-].